The second kappa shape index (κ2) is 7.43. The minimum absolute atomic E-state index is 0.284. The minimum atomic E-state index is -0.284. The van der Waals surface area contributed by atoms with Gasteiger partial charge < -0.3 is 0 Å². The quantitative estimate of drug-likeness (QED) is 0.534. The maximum absolute atomic E-state index is 12.5. The molecule has 2 heterocycles. The minimum Gasteiger partial charge on any atom is -0.298 e. The van der Waals surface area contributed by atoms with E-state index in [2.05, 4.69) is 25.8 Å². The Kier molecular flexibility index (Phi) is 4.85. The first-order chi connectivity index (χ1) is 13.1. The van der Waals surface area contributed by atoms with Crippen molar-refractivity contribution in [2.45, 2.75) is 0 Å². The number of amides is 1. The topological polar surface area (TPSA) is 85.6 Å². The summed E-state index contributed by atoms with van der Waals surface area (Å²) in [4.78, 5) is 17.0. The van der Waals surface area contributed by atoms with Crippen LogP contribution in [0.3, 0.4) is 0 Å². The summed E-state index contributed by atoms with van der Waals surface area (Å²) < 4.78 is 1.47. The highest BCUT2D eigenvalue weighted by molar-refractivity contribution is 7.14. The van der Waals surface area contributed by atoms with E-state index in [1.54, 1.807) is 42.5 Å². The number of nitrogens with one attached hydrogen (secondary N) is 1. The molecule has 1 N–H and O–H groups in total. The van der Waals surface area contributed by atoms with E-state index in [1.807, 2.05) is 5.38 Å². The van der Waals surface area contributed by atoms with Crippen molar-refractivity contribution in [3.63, 3.8) is 0 Å². The van der Waals surface area contributed by atoms with Gasteiger partial charge in [-0.1, -0.05) is 29.3 Å². The molecular weight excluding hydrogens is 407 g/mol. The number of thiazole rings is 1. The highest BCUT2D eigenvalue weighted by atomic mass is 35.5. The Morgan fingerprint density at radius 1 is 1.15 bits per heavy atom. The lowest BCUT2D eigenvalue weighted by molar-refractivity contribution is 0.102. The third-order valence-corrected chi connectivity index (χ3v) is 4.96. The fourth-order valence-corrected chi connectivity index (χ4v) is 3.60. The Labute approximate surface area is 167 Å². The van der Waals surface area contributed by atoms with E-state index in [0.717, 1.165) is 5.56 Å². The molecule has 0 fully saturated rings. The Bertz CT molecular complexity index is 1110. The molecule has 4 rings (SSSR count). The number of hydrogen-bond donors (Lipinski definition) is 1. The van der Waals surface area contributed by atoms with Crippen LogP contribution in [-0.4, -0.2) is 31.1 Å². The van der Waals surface area contributed by atoms with Crippen LogP contribution in [0.1, 0.15) is 10.4 Å². The maximum Gasteiger partial charge on any atom is 0.257 e. The number of carbonyl (C=O) groups excluding carboxylic acids is 1. The van der Waals surface area contributed by atoms with Crippen LogP contribution in [0.25, 0.3) is 16.9 Å². The predicted molar refractivity (Wildman–Crippen MR) is 105 cm³/mol. The van der Waals surface area contributed by atoms with Crippen molar-refractivity contribution in [2.75, 3.05) is 5.32 Å². The van der Waals surface area contributed by atoms with Gasteiger partial charge in [0.1, 0.15) is 6.33 Å². The number of halogens is 2. The summed E-state index contributed by atoms with van der Waals surface area (Å²) in [6, 6.07) is 12.1. The lowest BCUT2D eigenvalue weighted by Crippen LogP contribution is -2.12. The van der Waals surface area contributed by atoms with Gasteiger partial charge in [-0.05, 0) is 46.8 Å². The SMILES string of the molecule is O=C(Nc1nc(-c2ccc(Cl)cc2Cl)cs1)c1cccc(-n2cnnn2)c1. The van der Waals surface area contributed by atoms with Gasteiger partial charge in [-0.3, -0.25) is 10.1 Å². The van der Waals surface area contributed by atoms with Crippen molar-refractivity contribution in [2.24, 2.45) is 0 Å². The third kappa shape index (κ3) is 3.82. The van der Waals surface area contributed by atoms with Gasteiger partial charge in [0.2, 0.25) is 0 Å². The Hall–Kier alpha value is -2.81. The molecule has 0 bridgehead atoms. The summed E-state index contributed by atoms with van der Waals surface area (Å²) in [6.45, 7) is 0. The normalized spacial score (nSPS) is 10.7. The number of tetrazole rings is 1. The zero-order chi connectivity index (χ0) is 18.8. The number of nitrogens with zero attached hydrogens (tertiary/aromatic N) is 5. The molecule has 0 saturated heterocycles. The second-order valence-corrected chi connectivity index (χ2v) is 7.12. The van der Waals surface area contributed by atoms with Crippen LogP contribution < -0.4 is 5.32 Å². The second-order valence-electron chi connectivity index (χ2n) is 5.42. The van der Waals surface area contributed by atoms with Crippen molar-refractivity contribution in [1.29, 1.82) is 0 Å². The Balaban J connectivity index is 1.54. The monoisotopic (exact) mass is 416 g/mol. The summed E-state index contributed by atoms with van der Waals surface area (Å²) in [6.07, 6.45) is 1.46. The number of hydrogen-bond acceptors (Lipinski definition) is 6. The molecule has 0 atom stereocenters. The largest absolute Gasteiger partial charge is 0.298 e. The highest BCUT2D eigenvalue weighted by Gasteiger charge is 2.13. The van der Waals surface area contributed by atoms with E-state index < -0.39 is 0 Å². The number of aromatic nitrogens is 5. The molecule has 1 amide bonds. The van der Waals surface area contributed by atoms with Crippen molar-refractivity contribution in [3.8, 4) is 16.9 Å². The molecule has 0 radical (unpaired) electrons. The zero-order valence-electron chi connectivity index (χ0n) is 13.5. The third-order valence-electron chi connectivity index (χ3n) is 3.65. The van der Waals surface area contributed by atoms with Gasteiger partial charge in [-0.15, -0.1) is 16.4 Å². The zero-order valence-corrected chi connectivity index (χ0v) is 15.8. The van der Waals surface area contributed by atoms with Gasteiger partial charge in [-0.2, -0.15) is 0 Å². The first-order valence-electron chi connectivity index (χ1n) is 7.66. The maximum atomic E-state index is 12.5. The first kappa shape index (κ1) is 17.6. The fourth-order valence-electron chi connectivity index (χ4n) is 2.39. The number of rotatable bonds is 4. The van der Waals surface area contributed by atoms with Crippen LogP contribution >= 0.6 is 34.5 Å². The molecule has 0 spiro atoms. The molecule has 2 aromatic heterocycles. The van der Waals surface area contributed by atoms with Crippen molar-refractivity contribution >= 4 is 45.6 Å². The number of anilines is 1. The smallest absolute Gasteiger partial charge is 0.257 e. The first-order valence-corrected chi connectivity index (χ1v) is 9.29. The van der Waals surface area contributed by atoms with E-state index in [-0.39, 0.29) is 5.91 Å². The van der Waals surface area contributed by atoms with Crippen molar-refractivity contribution in [3.05, 3.63) is 69.8 Å². The molecule has 0 unspecified atom stereocenters. The van der Waals surface area contributed by atoms with Crippen molar-refractivity contribution in [1.82, 2.24) is 25.2 Å². The van der Waals surface area contributed by atoms with Gasteiger partial charge in [0.15, 0.2) is 5.13 Å². The Morgan fingerprint density at radius 2 is 2.04 bits per heavy atom. The number of benzene rings is 2. The molecule has 7 nitrogen and oxygen atoms in total. The summed E-state index contributed by atoms with van der Waals surface area (Å²) >= 11 is 13.4. The van der Waals surface area contributed by atoms with Crippen LogP contribution in [0.15, 0.2) is 54.2 Å². The van der Waals surface area contributed by atoms with E-state index >= 15 is 0 Å². The average molecular weight is 417 g/mol. The Morgan fingerprint density at radius 3 is 2.81 bits per heavy atom. The molecule has 27 heavy (non-hydrogen) atoms. The van der Waals surface area contributed by atoms with Gasteiger partial charge in [0, 0.05) is 21.5 Å². The molecular formula is C17H10Cl2N6OS. The standard InChI is InChI=1S/C17H10Cl2N6OS/c18-11-4-5-13(14(19)7-11)15-8-27-17(21-15)22-16(26)10-2-1-3-12(6-10)25-9-20-23-24-25/h1-9H,(H,21,22,26). The van der Waals surface area contributed by atoms with Crippen LogP contribution in [-0.2, 0) is 0 Å². The van der Waals surface area contributed by atoms with Gasteiger partial charge in [-0.25, -0.2) is 9.67 Å². The van der Waals surface area contributed by atoms with Crippen molar-refractivity contribution < 1.29 is 4.79 Å². The van der Waals surface area contributed by atoms with Gasteiger partial charge in [0.25, 0.3) is 5.91 Å². The van der Waals surface area contributed by atoms with E-state index in [0.29, 0.717) is 32.1 Å². The van der Waals surface area contributed by atoms with Gasteiger partial charge in [0.05, 0.1) is 16.4 Å². The van der Waals surface area contributed by atoms with E-state index in [9.17, 15) is 4.79 Å². The van der Waals surface area contributed by atoms with Crippen LogP contribution in [0.4, 0.5) is 5.13 Å². The molecule has 0 aliphatic rings. The van der Waals surface area contributed by atoms with Gasteiger partial charge >= 0.3 is 0 Å². The molecule has 2 aromatic carbocycles. The van der Waals surface area contributed by atoms with E-state index in [4.69, 9.17) is 23.2 Å². The summed E-state index contributed by atoms with van der Waals surface area (Å²) in [5.74, 6) is -0.284. The molecule has 4 aromatic rings. The molecule has 0 saturated carbocycles. The summed E-state index contributed by atoms with van der Waals surface area (Å²) in [7, 11) is 0. The molecule has 0 aliphatic carbocycles. The lowest BCUT2D eigenvalue weighted by Gasteiger charge is -2.04. The fraction of sp³-hybridized carbons (Fsp3) is 0. The molecule has 0 aliphatic heterocycles. The highest BCUT2D eigenvalue weighted by Crippen LogP contribution is 2.32. The number of carbonyl (C=O) groups is 1. The molecule has 10 heteroatoms. The van der Waals surface area contributed by atoms with Crippen LogP contribution in [0.5, 0.6) is 0 Å². The summed E-state index contributed by atoms with van der Waals surface area (Å²) in [5, 5.41) is 17.1. The summed E-state index contributed by atoms with van der Waals surface area (Å²) in [5.41, 5.74) is 2.56. The predicted octanol–water partition coefficient (Wildman–Crippen LogP) is 4.34. The van der Waals surface area contributed by atoms with Crippen LogP contribution in [0, 0.1) is 0 Å². The molecule has 134 valence electrons. The average Bonchev–Trinajstić information content (AvgIpc) is 3.34. The van der Waals surface area contributed by atoms with Crippen LogP contribution in [0.2, 0.25) is 10.0 Å². The van der Waals surface area contributed by atoms with E-state index in [1.165, 1.54) is 22.3 Å². The lowest BCUT2D eigenvalue weighted by atomic mass is 10.2.